The lowest BCUT2D eigenvalue weighted by atomic mass is 10.2. The molecule has 1 saturated carbocycles. The van der Waals surface area contributed by atoms with Crippen molar-refractivity contribution in [1.29, 1.82) is 0 Å². The third kappa shape index (κ3) is 3.62. The molecular formula is C16H14ClN3O2. The van der Waals surface area contributed by atoms with E-state index in [-0.39, 0.29) is 17.7 Å². The summed E-state index contributed by atoms with van der Waals surface area (Å²) in [5.41, 5.74) is 1.69. The van der Waals surface area contributed by atoms with Crippen LogP contribution in [0.25, 0.3) is 0 Å². The molecule has 1 aromatic heterocycles. The summed E-state index contributed by atoms with van der Waals surface area (Å²) in [6.07, 6.45) is 3.31. The molecule has 112 valence electrons. The summed E-state index contributed by atoms with van der Waals surface area (Å²) in [5.74, 6) is -0.112. The van der Waals surface area contributed by atoms with Crippen molar-refractivity contribution >= 4 is 34.8 Å². The van der Waals surface area contributed by atoms with Gasteiger partial charge in [0.05, 0.1) is 5.56 Å². The highest BCUT2D eigenvalue weighted by molar-refractivity contribution is 6.29. The van der Waals surface area contributed by atoms with E-state index >= 15 is 0 Å². The van der Waals surface area contributed by atoms with Gasteiger partial charge in [-0.1, -0.05) is 17.7 Å². The van der Waals surface area contributed by atoms with E-state index < -0.39 is 0 Å². The lowest BCUT2D eigenvalue weighted by Gasteiger charge is -2.08. The van der Waals surface area contributed by atoms with Gasteiger partial charge in [-0.15, -0.1) is 0 Å². The second-order valence-corrected chi connectivity index (χ2v) is 5.56. The van der Waals surface area contributed by atoms with E-state index in [1.54, 1.807) is 36.4 Å². The summed E-state index contributed by atoms with van der Waals surface area (Å²) in [4.78, 5) is 27.7. The van der Waals surface area contributed by atoms with Crippen LogP contribution in [-0.2, 0) is 4.79 Å². The van der Waals surface area contributed by atoms with Crippen molar-refractivity contribution in [3.05, 3.63) is 53.3 Å². The van der Waals surface area contributed by atoms with Crippen molar-refractivity contribution in [2.24, 2.45) is 5.92 Å². The second-order valence-electron chi connectivity index (χ2n) is 5.17. The Morgan fingerprint density at radius 2 is 1.82 bits per heavy atom. The number of carbonyl (C=O) groups excluding carboxylic acids is 2. The molecule has 2 N–H and O–H groups in total. The quantitative estimate of drug-likeness (QED) is 0.850. The van der Waals surface area contributed by atoms with Crippen LogP contribution < -0.4 is 10.6 Å². The minimum atomic E-state index is -0.283. The fraction of sp³-hybridized carbons (Fsp3) is 0.188. The summed E-state index contributed by atoms with van der Waals surface area (Å²) >= 11 is 5.69. The van der Waals surface area contributed by atoms with Gasteiger partial charge in [-0.2, -0.15) is 0 Å². The standard InChI is InChI=1S/C16H14ClN3O2/c17-14-7-6-11(9-18-14)16(22)20-13-3-1-2-12(8-13)19-15(21)10-4-5-10/h1-3,6-10H,4-5H2,(H,19,21)(H,20,22). The summed E-state index contributed by atoms with van der Waals surface area (Å²) in [6, 6.07) is 10.2. The van der Waals surface area contributed by atoms with Crippen molar-refractivity contribution in [1.82, 2.24) is 4.98 Å². The fourth-order valence-corrected chi connectivity index (χ4v) is 2.09. The number of nitrogens with one attached hydrogen (secondary N) is 2. The summed E-state index contributed by atoms with van der Waals surface area (Å²) < 4.78 is 0. The van der Waals surface area contributed by atoms with Gasteiger partial charge in [-0.3, -0.25) is 9.59 Å². The van der Waals surface area contributed by atoms with E-state index in [4.69, 9.17) is 11.6 Å². The number of hydrogen-bond acceptors (Lipinski definition) is 3. The average molecular weight is 316 g/mol. The maximum absolute atomic E-state index is 12.1. The highest BCUT2D eigenvalue weighted by Gasteiger charge is 2.29. The molecule has 0 spiro atoms. The van der Waals surface area contributed by atoms with Crippen LogP contribution in [0.1, 0.15) is 23.2 Å². The first kappa shape index (κ1) is 14.5. The number of pyridine rings is 1. The van der Waals surface area contributed by atoms with E-state index in [2.05, 4.69) is 15.6 Å². The Labute approximate surface area is 132 Å². The van der Waals surface area contributed by atoms with Gasteiger partial charge in [0.2, 0.25) is 5.91 Å². The normalized spacial score (nSPS) is 13.5. The third-order valence-corrected chi connectivity index (χ3v) is 3.55. The second kappa shape index (κ2) is 6.15. The molecule has 0 atom stereocenters. The van der Waals surface area contributed by atoms with Crippen molar-refractivity contribution in [2.75, 3.05) is 10.6 Å². The summed E-state index contributed by atoms with van der Waals surface area (Å²) in [7, 11) is 0. The molecule has 0 unspecified atom stereocenters. The maximum Gasteiger partial charge on any atom is 0.257 e. The number of aromatic nitrogens is 1. The topological polar surface area (TPSA) is 71.1 Å². The van der Waals surface area contributed by atoms with Gasteiger partial charge >= 0.3 is 0 Å². The smallest absolute Gasteiger partial charge is 0.257 e. The van der Waals surface area contributed by atoms with Crippen LogP contribution in [0.2, 0.25) is 5.15 Å². The van der Waals surface area contributed by atoms with Crippen LogP contribution in [0.5, 0.6) is 0 Å². The monoisotopic (exact) mass is 315 g/mol. The number of benzene rings is 1. The Balaban J connectivity index is 1.67. The molecule has 0 radical (unpaired) electrons. The first-order valence-corrected chi connectivity index (χ1v) is 7.33. The molecular weight excluding hydrogens is 302 g/mol. The number of halogens is 1. The number of anilines is 2. The van der Waals surface area contributed by atoms with Crippen LogP contribution in [0.3, 0.4) is 0 Å². The lowest BCUT2D eigenvalue weighted by Crippen LogP contribution is -2.14. The molecule has 2 amide bonds. The Kier molecular flexibility index (Phi) is 4.06. The van der Waals surface area contributed by atoms with Crippen LogP contribution in [0, 0.1) is 5.92 Å². The predicted octanol–water partition coefficient (Wildman–Crippen LogP) is 3.34. The molecule has 1 aliphatic carbocycles. The Morgan fingerprint density at radius 3 is 2.45 bits per heavy atom. The van der Waals surface area contributed by atoms with E-state index in [0.717, 1.165) is 12.8 Å². The van der Waals surface area contributed by atoms with Gasteiger partial charge in [0.1, 0.15) is 5.15 Å². The largest absolute Gasteiger partial charge is 0.326 e. The molecule has 1 heterocycles. The highest BCUT2D eigenvalue weighted by atomic mass is 35.5. The molecule has 1 aliphatic rings. The van der Waals surface area contributed by atoms with Crippen LogP contribution in [0.15, 0.2) is 42.6 Å². The highest BCUT2D eigenvalue weighted by Crippen LogP contribution is 2.30. The predicted molar refractivity (Wildman–Crippen MR) is 85.0 cm³/mol. The fourth-order valence-electron chi connectivity index (χ4n) is 1.98. The number of rotatable bonds is 4. The number of amides is 2. The van der Waals surface area contributed by atoms with Gasteiger partial charge in [0.15, 0.2) is 0 Å². The van der Waals surface area contributed by atoms with Crippen LogP contribution in [-0.4, -0.2) is 16.8 Å². The maximum atomic E-state index is 12.1. The minimum Gasteiger partial charge on any atom is -0.326 e. The molecule has 0 aliphatic heterocycles. The lowest BCUT2D eigenvalue weighted by molar-refractivity contribution is -0.117. The zero-order chi connectivity index (χ0) is 15.5. The van der Waals surface area contributed by atoms with Crippen LogP contribution >= 0.6 is 11.6 Å². The number of nitrogens with zero attached hydrogens (tertiary/aromatic N) is 1. The molecule has 1 aromatic carbocycles. The summed E-state index contributed by atoms with van der Waals surface area (Å²) in [6.45, 7) is 0. The van der Waals surface area contributed by atoms with E-state index in [1.165, 1.54) is 6.20 Å². The summed E-state index contributed by atoms with van der Waals surface area (Å²) in [5, 5.41) is 5.94. The SMILES string of the molecule is O=C(Nc1cccc(NC(=O)C2CC2)c1)c1ccc(Cl)nc1. The minimum absolute atomic E-state index is 0.0328. The van der Waals surface area contributed by atoms with Gasteiger partial charge in [-0.25, -0.2) is 4.98 Å². The van der Waals surface area contributed by atoms with E-state index in [9.17, 15) is 9.59 Å². The van der Waals surface area contributed by atoms with E-state index in [0.29, 0.717) is 22.1 Å². The average Bonchev–Trinajstić information content (AvgIpc) is 3.33. The van der Waals surface area contributed by atoms with Gasteiger partial charge < -0.3 is 10.6 Å². The Hall–Kier alpha value is -2.40. The Bertz CT molecular complexity index is 712. The van der Waals surface area contributed by atoms with Gasteiger partial charge in [-0.05, 0) is 43.2 Å². The first-order valence-electron chi connectivity index (χ1n) is 6.95. The zero-order valence-electron chi connectivity index (χ0n) is 11.7. The number of carbonyl (C=O) groups is 2. The molecule has 5 nitrogen and oxygen atoms in total. The Morgan fingerprint density at radius 1 is 1.09 bits per heavy atom. The van der Waals surface area contributed by atoms with Gasteiger partial charge in [0, 0.05) is 23.5 Å². The van der Waals surface area contributed by atoms with Crippen molar-refractivity contribution in [2.45, 2.75) is 12.8 Å². The molecule has 3 rings (SSSR count). The van der Waals surface area contributed by atoms with Crippen molar-refractivity contribution < 1.29 is 9.59 Å². The van der Waals surface area contributed by atoms with Gasteiger partial charge in [0.25, 0.3) is 5.91 Å². The number of hydrogen-bond donors (Lipinski definition) is 2. The molecule has 0 bridgehead atoms. The molecule has 1 fully saturated rings. The van der Waals surface area contributed by atoms with Crippen molar-refractivity contribution in [3.8, 4) is 0 Å². The molecule has 6 heteroatoms. The van der Waals surface area contributed by atoms with Crippen molar-refractivity contribution in [3.63, 3.8) is 0 Å². The zero-order valence-corrected chi connectivity index (χ0v) is 12.4. The molecule has 0 saturated heterocycles. The van der Waals surface area contributed by atoms with Crippen LogP contribution in [0.4, 0.5) is 11.4 Å². The molecule has 22 heavy (non-hydrogen) atoms. The first-order chi connectivity index (χ1) is 10.6. The molecule has 2 aromatic rings. The third-order valence-electron chi connectivity index (χ3n) is 3.33. The van der Waals surface area contributed by atoms with E-state index in [1.807, 2.05) is 0 Å².